The molecule has 0 atom stereocenters. The van der Waals surface area contributed by atoms with E-state index in [-0.39, 0.29) is 21.1 Å². The predicted octanol–water partition coefficient (Wildman–Crippen LogP) is 4.22. The maximum absolute atomic E-state index is 13.8. The van der Waals surface area contributed by atoms with Crippen molar-refractivity contribution in [2.45, 2.75) is 26.2 Å². The number of carbonyl (C=O) groups is 1. The lowest BCUT2D eigenvalue weighted by Crippen LogP contribution is -2.16. The summed E-state index contributed by atoms with van der Waals surface area (Å²) in [7, 11) is 0. The minimum atomic E-state index is -1.60. The van der Waals surface area contributed by atoms with Gasteiger partial charge < -0.3 is 5.11 Å². The fourth-order valence-electron chi connectivity index (χ4n) is 1.78. The summed E-state index contributed by atoms with van der Waals surface area (Å²) in [6, 6.07) is 1.83. The molecule has 112 valence electrons. The molecule has 7 heteroatoms. The Morgan fingerprint density at radius 2 is 1.81 bits per heavy atom. The van der Waals surface area contributed by atoms with E-state index in [2.05, 4.69) is 4.98 Å². The Balaban J connectivity index is 2.67. The molecule has 1 heterocycles. The number of halogens is 3. The van der Waals surface area contributed by atoms with Crippen LogP contribution >= 0.6 is 11.3 Å². The van der Waals surface area contributed by atoms with E-state index in [1.54, 1.807) is 20.8 Å². The van der Waals surface area contributed by atoms with E-state index in [9.17, 15) is 23.1 Å². The molecule has 0 aliphatic carbocycles. The molecule has 0 radical (unpaired) electrons. The maximum Gasteiger partial charge on any atom is 0.347 e. The summed E-state index contributed by atoms with van der Waals surface area (Å²) in [5.41, 5.74) is -0.548. The van der Waals surface area contributed by atoms with Gasteiger partial charge >= 0.3 is 5.97 Å². The number of aromatic nitrogens is 1. The Morgan fingerprint density at radius 1 is 1.19 bits per heavy atom. The first-order valence-electron chi connectivity index (χ1n) is 6.01. The average molecular weight is 315 g/mol. The number of nitrogens with zero attached hydrogens (tertiary/aromatic N) is 1. The van der Waals surface area contributed by atoms with Crippen LogP contribution in [0.15, 0.2) is 12.1 Å². The second kappa shape index (κ2) is 5.14. The second-order valence-corrected chi connectivity index (χ2v) is 6.47. The highest BCUT2D eigenvalue weighted by Crippen LogP contribution is 2.36. The van der Waals surface area contributed by atoms with Crippen molar-refractivity contribution in [3.63, 3.8) is 0 Å². The van der Waals surface area contributed by atoms with Crippen molar-refractivity contribution in [3.05, 3.63) is 40.2 Å². The van der Waals surface area contributed by atoms with Gasteiger partial charge in [0, 0.05) is 11.0 Å². The highest BCUT2D eigenvalue weighted by molar-refractivity contribution is 7.17. The zero-order valence-electron chi connectivity index (χ0n) is 11.5. The first-order valence-corrected chi connectivity index (χ1v) is 6.83. The molecule has 0 aliphatic heterocycles. The first kappa shape index (κ1) is 15.5. The van der Waals surface area contributed by atoms with Crippen LogP contribution in [0.2, 0.25) is 0 Å². The lowest BCUT2D eigenvalue weighted by atomic mass is 9.91. The highest BCUT2D eigenvalue weighted by Gasteiger charge is 2.28. The third kappa shape index (κ3) is 2.78. The van der Waals surface area contributed by atoms with Crippen molar-refractivity contribution in [1.29, 1.82) is 0 Å². The molecule has 0 saturated heterocycles. The van der Waals surface area contributed by atoms with E-state index in [1.165, 1.54) is 0 Å². The topological polar surface area (TPSA) is 50.2 Å². The maximum atomic E-state index is 13.8. The molecule has 0 amide bonds. The number of carboxylic acids is 1. The molecule has 0 spiro atoms. The molecular formula is C14H12F3NO2S. The molecule has 2 rings (SSSR count). The third-order valence-corrected chi connectivity index (χ3v) is 3.87. The van der Waals surface area contributed by atoms with E-state index in [4.69, 9.17) is 0 Å². The Labute approximate surface area is 123 Å². The van der Waals surface area contributed by atoms with Crippen molar-refractivity contribution >= 4 is 17.3 Å². The molecule has 0 fully saturated rings. The van der Waals surface area contributed by atoms with Gasteiger partial charge in [-0.15, -0.1) is 11.3 Å². The van der Waals surface area contributed by atoms with E-state index in [0.717, 1.165) is 23.5 Å². The van der Waals surface area contributed by atoms with Gasteiger partial charge in [-0.1, -0.05) is 20.8 Å². The lowest BCUT2D eigenvalue weighted by molar-refractivity contribution is 0.0699. The monoisotopic (exact) mass is 315 g/mol. The van der Waals surface area contributed by atoms with Crippen LogP contribution in [0.3, 0.4) is 0 Å². The number of hydrogen-bond donors (Lipinski definition) is 1. The molecule has 1 aromatic carbocycles. The number of aromatic carboxylic acids is 1. The van der Waals surface area contributed by atoms with Gasteiger partial charge in [-0.05, 0) is 12.1 Å². The van der Waals surface area contributed by atoms with Crippen LogP contribution in [0.5, 0.6) is 0 Å². The van der Waals surface area contributed by atoms with Gasteiger partial charge in [-0.25, -0.2) is 22.9 Å². The zero-order valence-corrected chi connectivity index (χ0v) is 12.3. The van der Waals surface area contributed by atoms with E-state index >= 15 is 0 Å². The predicted molar refractivity (Wildman–Crippen MR) is 73.1 cm³/mol. The van der Waals surface area contributed by atoms with Crippen molar-refractivity contribution in [2.24, 2.45) is 0 Å². The van der Waals surface area contributed by atoms with Crippen LogP contribution in [-0.4, -0.2) is 16.1 Å². The van der Waals surface area contributed by atoms with Gasteiger partial charge in [0.1, 0.15) is 9.88 Å². The standard InChI is InChI=1S/C14H12F3NO2S/c1-14(2,3)11-10(13(19)20)21-12(18-11)6-4-5-7(15)9(17)8(6)16/h4-5H,1-3H3,(H,19,20). The minimum absolute atomic E-state index is 0.00808. The summed E-state index contributed by atoms with van der Waals surface area (Å²) in [5.74, 6) is -5.47. The smallest absolute Gasteiger partial charge is 0.347 e. The molecule has 3 nitrogen and oxygen atoms in total. The first-order chi connectivity index (χ1) is 9.62. The molecule has 0 aliphatic rings. The van der Waals surface area contributed by atoms with Gasteiger partial charge in [0.15, 0.2) is 17.5 Å². The molecule has 2 aromatic rings. The van der Waals surface area contributed by atoms with Crippen molar-refractivity contribution in [3.8, 4) is 10.6 Å². The fraction of sp³-hybridized carbons (Fsp3) is 0.286. The third-order valence-electron chi connectivity index (χ3n) is 2.80. The normalized spacial score (nSPS) is 11.7. The second-order valence-electron chi connectivity index (χ2n) is 5.47. The number of benzene rings is 1. The number of hydrogen-bond acceptors (Lipinski definition) is 3. The molecular weight excluding hydrogens is 303 g/mol. The minimum Gasteiger partial charge on any atom is -0.477 e. The quantitative estimate of drug-likeness (QED) is 0.844. The zero-order chi connectivity index (χ0) is 15.9. The molecule has 1 aromatic heterocycles. The lowest BCUT2D eigenvalue weighted by Gasteiger charge is -2.16. The van der Waals surface area contributed by atoms with E-state index < -0.39 is 28.8 Å². The summed E-state index contributed by atoms with van der Waals surface area (Å²) < 4.78 is 40.0. The van der Waals surface area contributed by atoms with Gasteiger partial charge in [0.25, 0.3) is 0 Å². The van der Waals surface area contributed by atoms with Crippen molar-refractivity contribution in [2.75, 3.05) is 0 Å². The van der Waals surface area contributed by atoms with E-state index in [1.807, 2.05) is 0 Å². The Bertz CT molecular complexity index is 720. The fourth-order valence-corrected chi connectivity index (χ4v) is 2.91. The largest absolute Gasteiger partial charge is 0.477 e. The Kier molecular flexibility index (Phi) is 3.79. The van der Waals surface area contributed by atoms with Crippen molar-refractivity contribution in [1.82, 2.24) is 4.98 Å². The van der Waals surface area contributed by atoms with Crippen LogP contribution < -0.4 is 0 Å². The molecule has 1 N–H and O–H groups in total. The van der Waals surface area contributed by atoms with Crippen LogP contribution in [0.25, 0.3) is 10.6 Å². The molecule has 21 heavy (non-hydrogen) atoms. The summed E-state index contributed by atoms with van der Waals surface area (Å²) in [5, 5.41) is 9.21. The van der Waals surface area contributed by atoms with E-state index in [0.29, 0.717) is 0 Å². The van der Waals surface area contributed by atoms with Gasteiger partial charge in [-0.3, -0.25) is 0 Å². The van der Waals surface area contributed by atoms with Crippen molar-refractivity contribution < 1.29 is 23.1 Å². The summed E-state index contributed by atoms with van der Waals surface area (Å²) in [6.07, 6.45) is 0. The summed E-state index contributed by atoms with van der Waals surface area (Å²) >= 11 is 0.737. The van der Waals surface area contributed by atoms with Gasteiger partial charge in [-0.2, -0.15) is 0 Å². The van der Waals surface area contributed by atoms with Gasteiger partial charge in [0.2, 0.25) is 0 Å². The number of carboxylic acid groups (broad SMARTS) is 1. The SMILES string of the molecule is CC(C)(C)c1nc(-c2ccc(F)c(F)c2F)sc1C(=O)O. The van der Waals surface area contributed by atoms with Crippen LogP contribution in [-0.2, 0) is 5.41 Å². The van der Waals surface area contributed by atoms with Crippen LogP contribution in [0, 0.1) is 17.5 Å². The summed E-state index contributed by atoms with van der Waals surface area (Å²) in [6.45, 7) is 5.29. The molecule has 0 saturated carbocycles. The number of thiazole rings is 1. The average Bonchev–Trinajstić information content (AvgIpc) is 2.81. The van der Waals surface area contributed by atoms with Crippen LogP contribution in [0.4, 0.5) is 13.2 Å². The highest BCUT2D eigenvalue weighted by atomic mass is 32.1. The molecule has 0 unspecified atom stereocenters. The summed E-state index contributed by atoms with van der Waals surface area (Å²) in [4.78, 5) is 15.3. The van der Waals surface area contributed by atoms with Crippen LogP contribution in [0.1, 0.15) is 36.1 Å². The molecule has 0 bridgehead atoms. The Morgan fingerprint density at radius 3 is 2.29 bits per heavy atom. The Hall–Kier alpha value is -1.89. The number of rotatable bonds is 2. The van der Waals surface area contributed by atoms with Gasteiger partial charge in [0.05, 0.1) is 5.69 Å².